The Morgan fingerprint density at radius 1 is 1.77 bits per heavy atom. The topological polar surface area (TPSA) is 35.5 Å². The smallest absolute Gasteiger partial charge is 0.330 e. The third kappa shape index (κ3) is 2.56. The van der Waals surface area contributed by atoms with Crippen molar-refractivity contribution >= 4 is 5.97 Å². The molecular formula is C10H16O3. The van der Waals surface area contributed by atoms with Gasteiger partial charge in [0.05, 0.1) is 18.8 Å². The van der Waals surface area contributed by atoms with Crippen molar-refractivity contribution in [2.45, 2.75) is 31.8 Å². The first kappa shape index (κ1) is 10.3. The molecule has 1 aliphatic heterocycles. The fourth-order valence-corrected chi connectivity index (χ4v) is 1.44. The van der Waals surface area contributed by atoms with Crippen molar-refractivity contribution in [2.24, 2.45) is 0 Å². The van der Waals surface area contributed by atoms with Crippen molar-refractivity contribution in [1.29, 1.82) is 0 Å². The predicted molar refractivity (Wildman–Crippen MR) is 49.4 cm³/mol. The number of hydrogen-bond acceptors (Lipinski definition) is 3. The maximum absolute atomic E-state index is 10.7. The molecule has 13 heavy (non-hydrogen) atoms. The average molecular weight is 184 g/mol. The van der Waals surface area contributed by atoms with E-state index < -0.39 is 0 Å². The Kier molecular flexibility index (Phi) is 3.48. The summed E-state index contributed by atoms with van der Waals surface area (Å²) in [5.74, 6) is -0.356. The summed E-state index contributed by atoms with van der Waals surface area (Å²) in [4.78, 5) is 10.7. The van der Waals surface area contributed by atoms with Crippen LogP contribution in [-0.4, -0.2) is 24.8 Å². The normalized spacial score (nSPS) is 26.2. The first-order chi connectivity index (χ1) is 6.22. The van der Waals surface area contributed by atoms with Crippen molar-refractivity contribution in [2.75, 3.05) is 13.2 Å². The van der Waals surface area contributed by atoms with Gasteiger partial charge in [-0.2, -0.15) is 0 Å². The second-order valence-corrected chi connectivity index (χ2v) is 3.26. The summed E-state index contributed by atoms with van der Waals surface area (Å²) >= 11 is 0. The highest BCUT2D eigenvalue weighted by molar-refractivity contribution is 5.81. The van der Waals surface area contributed by atoms with Gasteiger partial charge in [-0.1, -0.05) is 13.5 Å². The van der Waals surface area contributed by atoms with Crippen molar-refractivity contribution in [1.82, 2.24) is 0 Å². The number of hydrogen-bond donors (Lipinski definition) is 0. The number of carbonyl (C=O) groups is 1. The molecule has 0 N–H and O–H groups in total. The van der Waals surface area contributed by atoms with Crippen molar-refractivity contribution in [3.8, 4) is 0 Å². The van der Waals surface area contributed by atoms with Gasteiger partial charge in [-0.05, 0) is 12.8 Å². The van der Waals surface area contributed by atoms with Gasteiger partial charge in [0, 0.05) is 12.5 Å². The van der Waals surface area contributed by atoms with E-state index in [9.17, 15) is 4.79 Å². The highest BCUT2D eigenvalue weighted by atomic mass is 16.5. The summed E-state index contributed by atoms with van der Waals surface area (Å²) in [5, 5.41) is 0. The van der Waals surface area contributed by atoms with Gasteiger partial charge >= 0.3 is 5.97 Å². The zero-order valence-corrected chi connectivity index (χ0v) is 8.04. The lowest BCUT2D eigenvalue weighted by Gasteiger charge is -2.41. The van der Waals surface area contributed by atoms with E-state index in [0.29, 0.717) is 6.61 Å². The molecule has 0 radical (unpaired) electrons. The van der Waals surface area contributed by atoms with Gasteiger partial charge in [0.2, 0.25) is 0 Å². The molecule has 1 unspecified atom stereocenters. The molecule has 0 aliphatic carbocycles. The van der Waals surface area contributed by atoms with E-state index in [0.717, 1.165) is 25.9 Å². The molecule has 1 rings (SSSR count). The van der Waals surface area contributed by atoms with Gasteiger partial charge in [0.1, 0.15) is 0 Å². The monoisotopic (exact) mass is 184 g/mol. The number of rotatable bonds is 5. The van der Waals surface area contributed by atoms with Gasteiger partial charge < -0.3 is 9.47 Å². The molecule has 3 nitrogen and oxygen atoms in total. The lowest BCUT2D eigenvalue weighted by molar-refractivity contribution is -0.164. The largest absolute Gasteiger partial charge is 0.462 e. The lowest BCUT2D eigenvalue weighted by atomic mass is 9.89. The van der Waals surface area contributed by atoms with Crippen LogP contribution in [0.3, 0.4) is 0 Å². The molecule has 1 fully saturated rings. The van der Waals surface area contributed by atoms with E-state index in [1.165, 1.54) is 6.08 Å². The summed E-state index contributed by atoms with van der Waals surface area (Å²) in [5.41, 5.74) is -0.0125. The Hall–Kier alpha value is -0.830. The van der Waals surface area contributed by atoms with Gasteiger partial charge in [-0.15, -0.1) is 0 Å². The number of carbonyl (C=O) groups excluding carboxylic acids is 1. The first-order valence-electron chi connectivity index (χ1n) is 4.65. The molecule has 0 saturated carbocycles. The highest BCUT2D eigenvalue weighted by Gasteiger charge is 2.36. The molecule has 0 spiro atoms. The Labute approximate surface area is 78.7 Å². The Bertz CT molecular complexity index is 189. The zero-order chi connectivity index (χ0) is 9.73. The number of esters is 1. The van der Waals surface area contributed by atoms with Gasteiger partial charge in [0.25, 0.3) is 0 Å². The molecule has 0 aromatic heterocycles. The Morgan fingerprint density at radius 2 is 2.46 bits per heavy atom. The summed E-state index contributed by atoms with van der Waals surface area (Å²) in [6.45, 7) is 6.68. The summed E-state index contributed by atoms with van der Waals surface area (Å²) < 4.78 is 10.4. The van der Waals surface area contributed by atoms with Crippen molar-refractivity contribution < 1.29 is 14.3 Å². The maximum atomic E-state index is 10.7. The summed E-state index contributed by atoms with van der Waals surface area (Å²) in [6.07, 6.45) is 4.04. The third-order valence-electron chi connectivity index (χ3n) is 2.58. The second-order valence-electron chi connectivity index (χ2n) is 3.26. The minimum atomic E-state index is -0.356. The van der Waals surface area contributed by atoms with Gasteiger partial charge in [-0.25, -0.2) is 4.79 Å². The minimum Gasteiger partial charge on any atom is -0.462 e. The maximum Gasteiger partial charge on any atom is 0.330 e. The molecule has 0 aromatic rings. The standard InChI is InChI=1S/C10H16O3/c1-3-9(11)12-7-5-10(4-2)6-8-13-10/h3H,1,4-8H2,2H3. The van der Waals surface area contributed by atoms with Crippen LogP contribution in [0, 0.1) is 0 Å². The van der Waals surface area contributed by atoms with Gasteiger partial charge in [-0.3, -0.25) is 0 Å². The van der Waals surface area contributed by atoms with Crippen LogP contribution in [0.4, 0.5) is 0 Å². The molecule has 1 atom stereocenters. The molecule has 74 valence electrons. The Morgan fingerprint density at radius 3 is 2.85 bits per heavy atom. The quantitative estimate of drug-likeness (QED) is 0.481. The van der Waals surface area contributed by atoms with Crippen LogP contribution < -0.4 is 0 Å². The average Bonchev–Trinajstić information content (AvgIpc) is 2.09. The third-order valence-corrected chi connectivity index (χ3v) is 2.58. The Balaban J connectivity index is 2.17. The fourth-order valence-electron chi connectivity index (χ4n) is 1.44. The van der Waals surface area contributed by atoms with Crippen LogP contribution in [-0.2, 0) is 14.3 Å². The molecule has 0 aromatic carbocycles. The predicted octanol–water partition coefficient (Wildman–Crippen LogP) is 1.67. The van der Waals surface area contributed by atoms with E-state index >= 15 is 0 Å². The lowest BCUT2D eigenvalue weighted by Crippen LogP contribution is -2.44. The summed E-state index contributed by atoms with van der Waals surface area (Å²) in [7, 11) is 0. The molecule has 0 amide bonds. The minimum absolute atomic E-state index is 0.0125. The van der Waals surface area contributed by atoms with E-state index in [1.54, 1.807) is 0 Å². The van der Waals surface area contributed by atoms with Crippen LogP contribution in [0.1, 0.15) is 26.2 Å². The fraction of sp³-hybridized carbons (Fsp3) is 0.700. The van der Waals surface area contributed by atoms with E-state index in [1.807, 2.05) is 0 Å². The van der Waals surface area contributed by atoms with E-state index in [2.05, 4.69) is 13.5 Å². The molecule has 3 heteroatoms. The van der Waals surface area contributed by atoms with Gasteiger partial charge in [0.15, 0.2) is 0 Å². The van der Waals surface area contributed by atoms with Crippen LogP contribution in [0.15, 0.2) is 12.7 Å². The van der Waals surface area contributed by atoms with Crippen LogP contribution in [0.2, 0.25) is 0 Å². The summed E-state index contributed by atoms with van der Waals surface area (Å²) in [6, 6.07) is 0. The van der Waals surface area contributed by atoms with Crippen LogP contribution >= 0.6 is 0 Å². The van der Waals surface area contributed by atoms with E-state index in [-0.39, 0.29) is 11.6 Å². The highest BCUT2D eigenvalue weighted by Crippen LogP contribution is 2.33. The number of ether oxygens (including phenoxy) is 2. The van der Waals surface area contributed by atoms with E-state index in [4.69, 9.17) is 9.47 Å². The zero-order valence-electron chi connectivity index (χ0n) is 8.04. The first-order valence-corrected chi connectivity index (χ1v) is 4.65. The van der Waals surface area contributed by atoms with Crippen LogP contribution in [0.25, 0.3) is 0 Å². The molecule has 1 heterocycles. The molecule has 0 bridgehead atoms. The SMILES string of the molecule is C=CC(=O)OCCC1(CC)CCO1. The van der Waals surface area contributed by atoms with Crippen molar-refractivity contribution in [3.05, 3.63) is 12.7 Å². The molecule has 1 saturated heterocycles. The molecule has 1 aliphatic rings. The van der Waals surface area contributed by atoms with Crippen LogP contribution in [0.5, 0.6) is 0 Å². The van der Waals surface area contributed by atoms with Crippen molar-refractivity contribution in [3.63, 3.8) is 0 Å². The molecular weight excluding hydrogens is 168 g/mol. The second kappa shape index (κ2) is 4.42.